The first-order valence-corrected chi connectivity index (χ1v) is 8.66. The molecule has 142 valence electrons. The lowest BCUT2D eigenvalue weighted by Gasteiger charge is -2.39. The Morgan fingerprint density at radius 1 is 1.19 bits per heavy atom. The molecular formula is C18H25N3O5. The van der Waals surface area contributed by atoms with Gasteiger partial charge in [-0.15, -0.1) is 0 Å². The average molecular weight is 363 g/mol. The molecule has 2 saturated heterocycles. The molecule has 8 nitrogen and oxygen atoms in total. The number of nitrogens with one attached hydrogen (secondary N) is 2. The van der Waals surface area contributed by atoms with E-state index in [2.05, 4.69) is 10.6 Å². The first-order valence-electron chi connectivity index (χ1n) is 8.66. The van der Waals surface area contributed by atoms with Crippen LogP contribution in [0.3, 0.4) is 0 Å². The second kappa shape index (κ2) is 7.82. The van der Waals surface area contributed by atoms with Crippen LogP contribution in [0, 0.1) is 11.8 Å². The van der Waals surface area contributed by atoms with Gasteiger partial charge in [-0.05, 0) is 36.6 Å². The lowest BCUT2D eigenvalue weighted by Crippen LogP contribution is -2.58. The van der Waals surface area contributed by atoms with E-state index in [1.807, 2.05) is 0 Å². The van der Waals surface area contributed by atoms with E-state index >= 15 is 0 Å². The number of piperidine rings is 2. The van der Waals surface area contributed by atoms with Crippen LogP contribution in [-0.2, 0) is 11.3 Å². The van der Waals surface area contributed by atoms with Crippen molar-refractivity contribution in [3.63, 3.8) is 0 Å². The molecule has 2 aliphatic heterocycles. The summed E-state index contributed by atoms with van der Waals surface area (Å²) in [4.78, 5) is 26.3. The monoisotopic (exact) mass is 363 g/mol. The van der Waals surface area contributed by atoms with Gasteiger partial charge in [-0.3, -0.25) is 9.69 Å². The van der Waals surface area contributed by atoms with Crippen LogP contribution >= 0.6 is 0 Å². The van der Waals surface area contributed by atoms with Crippen molar-refractivity contribution < 1.29 is 23.8 Å². The quantitative estimate of drug-likeness (QED) is 0.811. The lowest BCUT2D eigenvalue weighted by atomic mass is 9.85. The van der Waals surface area contributed by atoms with Crippen LogP contribution in [0.2, 0.25) is 0 Å². The number of imide groups is 1. The first kappa shape index (κ1) is 18.3. The van der Waals surface area contributed by atoms with E-state index in [9.17, 15) is 9.59 Å². The Bertz CT molecular complexity index is 668. The molecule has 2 N–H and O–H groups in total. The first-order chi connectivity index (χ1) is 12.6. The highest BCUT2D eigenvalue weighted by Gasteiger charge is 2.39. The molecule has 0 spiro atoms. The van der Waals surface area contributed by atoms with Crippen molar-refractivity contribution >= 4 is 11.9 Å². The topological polar surface area (TPSA) is 89.1 Å². The lowest BCUT2D eigenvalue weighted by molar-refractivity contribution is -0.137. The number of benzene rings is 1. The zero-order chi connectivity index (χ0) is 18.7. The third-order valence-corrected chi connectivity index (χ3v) is 4.91. The zero-order valence-electron chi connectivity index (χ0n) is 15.3. The maximum absolute atomic E-state index is 12.5. The number of urea groups is 1. The summed E-state index contributed by atoms with van der Waals surface area (Å²) >= 11 is 0. The molecule has 1 aromatic carbocycles. The maximum atomic E-state index is 12.5. The van der Waals surface area contributed by atoms with Crippen molar-refractivity contribution in [1.29, 1.82) is 0 Å². The minimum atomic E-state index is -0.361. The fourth-order valence-corrected chi connectivity index (χ4v) is 3.62. The SMILES string of the molecule is COc1cc(CNC(=O)N2CC3CNCC(C3)C2=O)cc(OC)c1OC. The normalized spacial score (nSPS) is 22.0. The van der Waals surface area contributed by atoms with Gasteiger partial charge in [0, 0.05) is 19.6 Å². The van der Waals surface area contributed by atoms with Gasteiger partial charge in [-0.2, -0.15) is 0 Å². The molecule has 8 heteroatoms. The summed E-state index contributed by atoms with van der Waals surface area (Å²) in [6, 6.07) is 3.19. The Labute approximate surface area is 152 Å². The number of fused-ring (bicyclic) bond motifs is 2. The molecule has 0 aromatic heterocycles. The van der Waals surface area contributed by atoms with E-state index < -0.39 is 0 Å². The summed E-state index contributed by atoms with van der Waals surface area (Å²) in [5.74, 6) is 1.66. The van der Waals surface area contributed by atoms with E-state index in [0.717, 1.165) is 18.5 Å². The summed E-state index contributed by atoms with van der Waals surface area (Å²) in [7, 11) is 4.62. The number of amides is 3. The zero-order valence-corrected chi connectivity index (χ0v) is 15.3. The van der Waals surface area contributed by atoms with Gasteiger partial charge in [0.25, 0.3) is 0 Å². The van der Waals surface area contributed by atoms with Crippen molar-refractivity contribution in [2.75, 3.05) is 41.0 Å². The van der Waals surface area contributed by atoms with Gasteiger partial charge < -0.3 is 24.8 Å². The summed E-state index contributed by atoms with van der Waals surface area (Å²) in [6.07, 6.45) is 0.864. The third-order valence-electron chi connectivity index (χ3n) is 4.91. The standard InChI is InChI=1S/C18H25N3O5/c1-24-14-5-11(6-15(25-2)16(14)26-3)8-20-18(23)21-10-12-4-13(17(21)22)9-19-7-12/h5-6,12-13,19H,4,7-10H2,1-3H3,(H,20,23). The van der Waals surface area contributed by atoms with Crippen molar-refractivity contribution in [3.8, 4) is 17.2 Å². The molecule has 0 aliphatic carbocycles. The molecule has 2 heterocycles. The van der Waals surface area contributed by atoms with Crippen LogP contribution in [0.25, 0.3) is 0 Å². The molecule has 0 radical (unpaired) electrons. The van der Waals surface area contributed by atoms with Gasteiger partial charge in [-0.1, -0.05) is 0 Å². The molecule has 3 rings (SSSR count). The number of hydrogen-bond donors (Lipinski definition) is 2. The number of methoxy groups -OCH3 is 3. The molecule has 26 heavy (non-hydrogen) atoms. The molecular weight excluding hydrogens is 338 g/mol. The molecule has 1 aromatic rings. The van der Waals surface area contributed by atoms with Crippen molar-refractivity contribution in [1.82, 2.24) is 15.5 Å². The van der Waals surface area contributed by atoms with Crippen LogP contribution in [0.15, 0.2) is 12.1 Å². The summed E-state index contributed by atoms with van der Waals surface area (Å²) < 4.78 is 15.9. The van der Waals surface area contributed by atoms with Gasteiger partial charge in [0.1, 0.15) is 0 Å². The van der Waals surface area contributed by atoms with Crippen molar-refractivity contribution in [2.45, 2.75) is 13.0 Å². The number of nitrogens with zero attached hydrogens (tertiary/aromatic N) is 1. The van der Waals surface area contributed by atoms with E-state index in [0.29, 0.717) is 36.3 Å². The van der Waals surface area contributed by atoms with Crippen LogP contribution < -0.4 is 24.8 Å². The van der Waals surface area contributed by atoms with Gasteiger partial charge in [0.2, 0.25) is 11.7 Å². The van der Waals surface area contributed by atoms with Crippen LogP contribution in [-0.4, -0.2) is 57.8 Å². The second-order valence-corrected chi connectivity index (χ2v) is 6.60. The second-order valence-electron chi connectivity index (χ2n) is 6.60. The molecule has 2 bridgehead atoms. The Balaban J connectivity index is 1.68. The Kier molecular flexibility index (Phi) is 5.51. The van der Waals surface area contributed by atoms with Gasteiger partial charge in [0.15, 0.2) is 11.5 Å². The predicted molar refractivity (Wildman–Crippen MR) is 94.5 cm³/mol. The maximum Gasteiger partial charge on any atom is 0.324 e. The Morgan fingerprint density at radius 3 is 2.50 bits per heavy atom. The Morgan fingerprint density at radius 2 is 1.88 bits per heavy atom. The van der Waals surface area contributed by atoms with Gasteiger partial charge in [-0.25, -0.2) is 4.79 Å². The fourth-order valence-electron chi connectivity index (χ4n) is 3.62. The smallest absolute Gasteiger partial charge is 0.324 e. The number of rotatable bonds is 5. The van der Waals surface area contributed by atoms with Gasteiger partial charge >= 0.3 is 6.03 Å². The summed E-state index contributed by atoms with van der Waals surface area (Å²) in [6.45, 7) is 2.21. The van der Waals surface area contributed by atoms with E-state index in [1.54, 1.807) is 26.4 Å². The number of carbonyl (C=O) groups excluding carboxylic acids is 2. The number of likely N-dealkylation sites (tertiary alicyclic amines) is 1. The largest absolute Gasteiger partial charge is 0.493 e. The number of ether oxygens (including phenoxy) is 3. The fraction of sp³-hybridized carbons (Fsp3) is 0.556. The van der Waals surface area contributed by atoms with E-state index in [-0.39, 0.29) is 24.4 Å². The van der Waals surface area contributed by atoms with Crippen LogP contribution in [0.5, 0.6) is 17.2 Å². The highest BCUT2D eigenvalue weighted by Crippen LogP contribution is 2.38. The molecule has 2 fully saturated rings. The predicted octanol–water partition coefficient (Wildman–Crippen LogP) is 0.990. The van der Waals surface area contributed by atoms with Gasteiger partial charge in [0.05, 0.1) is 27.2 Å². The van der Waals surface area contributed by atoms with Crippen molar-refractivity contribution in [3.05, 3.63) is 17.7 Å². The van der Waals surface area contributed by atoms with Crippen LogP contribution in [0.1, 0.15) is 12.0 Å². The highest BCUT2D eigenvalue weighted by molar-refractivity contribution is 5.96. The highest BCUT2D eigenvalue weighted by atomic mass is 16.5. The number of carbonyl (C=O) groups is 2. The van der Waals surface area contributed by atoms with E-state index in [1.165, 1.54) is 12.0 Å². The average Bonchev–Trinajstić information content (AvgIpc) is 2.68. The molecule has 3 amide bonds. The van der Waals surface area contributed by atoms with Crippen molar-refractivity contribution in [2.24, 2.45) is 11.8 Å². The molecule has 2 aliphatic rings. The molecule has 2 atom stereocenters. The third kappa shape index (κ3) is 3.55. The Hall–Kier alpha value is -2.48. The number of hydrogen-bond acceptors (Lipinski definition) is 6. The van der Waals surface area contributed by atoms with E-state index in [4.69, 9.17) is 14.2 Å². The minimum absolute atomic E-state index is 0.101. The van der Waals surface area contributed by atoms with Crippen LogP contribution in [0.4, 0.5) is 4.79 Å². The molecule has 2 unspecified atom stereocenters. The summed E-state index contributed by atoms with van der Waals surface area (Å²) in [5, 5.41) is 6.07. The minimum Gasteiger partial charge on any atom is -0.493 e. The molecule has 0 saturated carbocycles. The summed E-state index contributed by atoms with van der Waals surface area (Å²) in [5.41, 5.74) is 0.791.